The fourth-order valence-corrected chi connectivity index (χ4v) is 2.12. The van der Waals surface area contributed by atoms with Crippen molar-refractivity contribution in [2.45, 2.75) is 26.7 Å². The highest BCUT2D eigenvalue weighted by Gasteiger charge is 2.19. The molecule has 0 radical (unpaired) electrons. The standard InChI is InChI=1S/C13H14ClNO/c1-8(2)12-9(3)15-16-13(12)10-6-4-5-7-11(10)14/h4-8H,1-3H3. The van der Waals surface area contributed by atoms with Gasteiger partial charge >= 0.3 is 0 Å². The molecule has 0 aliphatic rings. The molecule has 2 nitrogen and oxygen atoms in total. The van der Waals surface area contributed by atoms with E-state index in [1.54, 1.807) is 0 Å². The van der Waals surface area contributed by atoms with E-state index in [1.807, 2.05) is 31.2 Å². The summed E-state index contributed by atoms with van der Waals surface area (Å²) in [6.07, 6.45) is 0. The Morgan fingerprint density at radius 1 is 1.25 bits per heavy atom. The van der Waals surface area contributed by atoms with Crippen molar-refractivity contribution in [2.24, 2.45) is 0 Å². The number of rotatable bonds is 2. The SMILES string of the molecule is Cc1noc(-c2ccccc2Cl)c1C(C)C. The van der Waals surface area contributed by atoms with Gasteiger partial charge in [0.05, 0.1) is 10.7 Å². The van der Waals surface area contributed by atoms with E-state index in [-0.39, 0.29) is 0 Å². The van der Waals surface area contributed by atoms with Crippen LogP contribution in [0.5, 0.6) is 0 Å². The highest BCUT2D eigenvalue weighted by atomic mass is 35.5. The summed E-state index contributed by atoms with van der Waals surface area (Å²) < 4.78 is 5.39. The summed E-state index contributed by atoms with van der Waals surface area (Å²) >= 11 is 6.16. The molecule has 0 unspecified atom stereocenters. The molecule has 1 aromatic heterocycles. The van der Waals surface area contributed by atoms with Gasteiger partial charge in [-0.15, -0.1) is 0 Å². The van der Waals surface area contributed by atoms with E-state index in [2.05, 4.69) is 19.0 Å². The van der Waals surface area contributed by atoms with Crippen LogP contribution in [0.15, 0.2) is 28.8 Å². The molecular weight excluding hydrogens is 222 g/mol. The average molecular weight is 236 g/mol. The summed E-state index contributed by atoms with van der Waals surface area (Å²) in [4.78, 5) is 0. The second kappa shape index (κ2) is 4.30. The van der Waals surface area contributed by atoms with E-state index in [0.29, 0.717) is 10.9 Å². The van der Waals surface area contributed by atoms with Crippen molar-refractivity contribution in [3.63, 3.8) is 0 Å². The van der Waals surface area contributed by atoms with Crippen LogP contribution in [0, 0.1) is 6.92 Å². The van der Waals surface area contributed by atoms with E-state index in [0.717, 1.165) is 22.6 Å². The molecule has 2 rings (SSSR count). The average Bonchev–Trinajstić information content (AvgIpc) is 2.61. The number of nitrogens with zero attached hydrogens (tertiary/aromatic N) is 1. The van der Waals surface area contributed by atoms with Crippen LogP contribution < -0.4 is 0 Å². The number of hydrogen-bond donors (Lipinski definition) is 0. The maximum absolute atomic E-state index is 6.16. The van der Waals surface area contributed by atoms with Gasteiger partial charge in [-0.1, -0.05) is 42.7 Å². The van der Waals surface area contributed by atoms with Gasteiger partial charge in [-0.25, -0.2) is 0 Å². The molecule has 0 saturated carbocycles. The summed E-state index contributed by atoms with van der Waals surface area (Å²) in [5.74, 6) is 1.16. The third kappa shape index (κ3) is 1.85. The van der Waals surface area contributed by atoms with Crippen molar-refractivity contribution in [3.8, 4) is 11.3 Å². The fraction of sp³-hybridized carbons (Fsp3) is 0.308. The minimum atomic E-state index is 0.373. The fourth-order valence-electron chi connectivity index (χ4n) is 1.90. The molecular formula is C13H14ClNO. The van der Waals surface area contributed by atoms with Crippen molar-refractivity contribution in [1.29, 1.82) is 0 Å². The molecule has 16 heavy (non-hydrogen) atoms. The number of aromatic nitrogens is 1. The Morgan fingerprint density at radius 2 is 1.94 bits per heavy atom. The molecule has 84 valence electrons. The van der Waals surface area contributed by atoms with Gasteiger partial charge in [0, 0.05) is 11.1 Å². The van der Waals surface area contributed by atoms with Crippen LogP contribution in [0.25, 0.3) is 11.3 Å². The topological polar surface area (TPSA) is 26.0 Å². The van der Waals surface area contributed by atoms with Crippen LogP contribution in [-0.2, 0) is 0 Å². The molecule has 2 aromatic rings. The van der Waals surface area contributed by atoms with E-state index in [9.17, 15) is 0 Å². The second-order valence-corrected chi connectivity index (χ2v) is 4.55. The van der Waals surface area contributed by atoms with Crippen molar-refractivity contribution < 1.29 is 4.52 Å². The molecule has 0 aliphatic carbocycles. The number of aryl methyl sites for hydroxylation is 1. The van der Waals surface area contributed by atoms with E-state index in [4.69, 9.17) is 16.1 Å². The molecule has 0 spiro atoms. The molecule has 3 heteroatoms. The summed E-state index contributed by atoms with van der Waals surface area (Å²) in [6, 6.07) is 7.67. The third-order valence-electron chi connectivity index (χ3n) is 2.60. The monoisotopic (exact) mass is 235 g/mol. The van der Waals surface area contributed by atoms with Crippen molar-refractivity contribution in [1.82, 2.24) is 5.16 Å². The summed E-state index contributed by atoms with van der Waals surface area (Å²) in [7, 11) is 0. The van der Waals surface area contributed by atoms with Gasteiger partial charge in [-0.3, -0.25) is 0 Å². The molecule has 0 bridgehead atoms. The van der Waals surface area contributed by atoms with Crippen LogP contribution in [-0.4, -0.2) is 5.16 Å². The van der Waals surface area contributed by atoms with Gasteiger partial charge in [0.15, 0.2) is 5.76 Å². The lowest BCUT2D eigenvalue weighted by Crippen LogP contribution is -1.91. The molecule has 0 N–H and O–H groups in total. The highest BCUT2D eigenvalue weighted by Crippen LogP contribution is 2.35. The molecule has 1 heterocycles. The van der Waals surface area contributed by atoms with Crippen molar-refractivity contribution in [3.05, 3.63) is 40.5 Å². The van der Waals surface area contributed by atoms with E-state index >= 15 is 0 Å². The predicted molar refractivity (Wildman–Crippen MR) is 65.8 cm³/mol. The number of halogens is 1. The van der Waals surface area contributed by atoms with Gasteiger partial charge in [0.2, 0.25) is 0 Å². The molecule has 0 fully saturated rings. The predicted octanol–water partition coefficient (Wildman–Crippen LogP) is 4.43. The lowest BCUT2D eigenvalue weighted by molar-refractivity contribution is 0.426. The normalized spacial score (nSPS) is 11.1. The van der Waals surface area contributed by atoms with Crippen molar-refractivity contribution in [2.75, 3.05) is 0 Å². The quantitative estimate of drug-likeness (QED) is 0.770. The summed E-state index contributed by atoms with van der Waals surface area (Å²) in [5, 5.41) is 4.72. The van der Waals surface area contributed by atoms with Crippen LogP contribution in [0.3, 0.4) is 0 Å². The molecule has 0 aliphatic heterocycles. The van der Waals surface area contributed by atoms with Gasteiger partial charge in [0.1, 0.15) is 0 Å². The Balaban J connectivity index is 2.61. The van der Waals surface area contributed by atoms with Crippen LogP contribution in [0.4, 0.5) is 0 Å². The molecule has 0 saturated heterocycles. The minimum absolute atomic E-state index is 0.373. The number of benzene rings is 1. The lowest BCUT2D eigenvalue weighted by Gasteiger charge is -2.06. The summed E-state index contributed by atoms with van der Waals surface area (Å²) in [5.41, 5.74) is 2.98. The molecule has 0 amide bonds. The first-order valence-electron chi connectivity index (χ1n) is 5.32. The zero-order valence-electron chi connectivity index (χ0n) is 9.62. The minimum Gasteiger partial charge on any atom is -0.356 e. The summed E-state index contributed by atoms with van der Waals surface area (Å²) in [6.45, 7) is 6.21. The zero-order chi connectivity index (χ0) is 11.7. The molecule has 0 atom stereocenters. The maximum Gasteiger partial charge on any atom is 0.172 e. The Hall–Kier alpha value is -1.28. The van der Waals surface area contributed by atoms with Gasteiger partial charge in [0.25, 0.3) is 0 Å². The Morgan fingerprint density at radius 3 is 2.56 bits per heavy atom. The highest BCUT2D eigenvalue weighted by molar-refractivity contribution is 6.33. The Labute approximate surface area is 100 Å². The lowest BCUT2D eigenvalue weighted by atomic mass is 9.98. The smallest absolute Gasteiger partial charge is 0.172 e. The zero-order valence-corrected chi connectivity index (χ0v) is 10.4. The second-order valence-electron chi connectivity index (χ2n) is 4.15. The Bertz CT molecular complexity index is 502. The Kier molecular flexibility index (Phi) is 3.01. The van der Waals surface area contributed by atoms with Gasteiger partial charge in [-0.05, 0) is 25.0 Å². The van der Waals surface area contributed by atoms with Gasteiger partial charge < -0.3 is 4.52 Å². The van der Waals surface area contributed by atoms with Crippen molar-refractivity contribution >= 4 is 11.6 Å². The first-order valence-corrected chi connectivity index (χ1v) is 5.70. The van der Waals surface area contributed by atoms with Crippen LogP contribution >= 0.6 is 11.6 Å². The van der Waals surface area contributed by atoms with E-state index in [1.165, 1.54) is 0 Å². The van der Waals surface area contributed by atoms with Crippen LogP contribution in [0.2, 0.25) is 5.02 Å². The maximum atomic E-state index is 6.16. The van der Waals surface area contributed by atoms with Gasteiger partial charge in [-0.2, -0.15) is 0 Å². The molecule has 1 aromatic carbocycles. The number of hydrogen-bond acceptors (Lipinski definition) is 2. The largest absolute Gasteiger partial charge is 0.356 e. The first kappa shape index (κ1) is 11.2. The van der Waals surface area contributed by atoms with Crippen LogP contribution in [0.1, 0.15) is 31.0 Å². The third-order valence-corrected chi connectivity index (χ3v) is 2.93. The van der Waals surface area contributed by atoms with E-state index < -0.39 is 0 Å². The first-order chi connectivity index (χ1) is 7.61.